The van der Waals surface area contributed by atoms with Crippen LogP contribution in [0.5, 0.6) is 5.75 Å². The standard InChI is InChI=1S/C16H18BrN3O2S/c1-22-14-5-4-10(17)7-11(14)13-3-2-6-20(13)16(21)12-9-23-15(8-18)19-12/h4-5,7,9,13H,2-3,6,8,18H2,1H3. The number of hydrogen-bond donors (Lipinski definition) is 1. The summed E-state index contributed by atoms with van der Waals surface area (Å²) in [6, 6.07) is 5.91. The molecule has 1 aromatic heterocycles. The number of likely N-dealkylation sites (tertiary alicyclic amines) is 1. The van der Waals surface area contributed by atoms with Crippen LogP contribution < -0.4 is 10.5 Å². The minimum absolute atomic E-state index is 0.0120. The van der Waals surface area contributed by atoms with Gasteiger partial charge in [-0.05, 0) is 31.0 Å². The van der Waals surface area contributed by atoms with E-state index in [0.717, 1.165) is 40.2 Å². The fourth-order valence-corrected chi connectivity index (χ4v) is 3.98. The van der Waals surface area contributed by atoms with Crippen molar-refractivity contribution >= 4 is 33.2 Å². The van der Waals surface area contributed by atoms with Crippen LogP contribution >= 0.6 is 27.3 Å². The highest BCUT2D eigenvalue weighted by atomic mass is 79.9. The molecule has 2 N–H and O–H groups in total. The lowest BCUT2D eigenvalue weighted by molar-refractivity contribution is 0.0729. The van der Waals surface area contributed by atoms with Gasteiger partial charge in [-0.3, -0.25) is 4.79 Å². The number of carbonyl (C=O) groups excluding carboxylic acids is 1. The molecule has 0 saturated carbocycles. The quantitative estimate of drug-likeness (QED) is 0.861. The second-order valence-electron chi connectivity index (χ2n) is 5.37. The topological polar surface area (TPSA) is 68.5 Å². The van der Waals surface area contributed by atoms with E-state index in [1.807, 2.05) is 23.1 Å². The van der Waals surface area contributed by atoms with Crippen molar-refractivity contribution in [1.29, 1.82) is 0 Å². The van der Waals surface area contributed by atoms with Gasteiger partial charge in [0.2, 0.25) is 0 Å². The number of nitrogens with two attached hydrogens (primary N) is 1. The van der Waals surface area contributed by atoms with Crippen LogP contribution in [0.25, 0.3) is 0 Å². The molecule has 1 atom stereocenters. The average molecular weight is 396 g/mol. The van der Waals surface area contributed by atoms with Gasteiger partial charge in [-0.25, -0.2) is 4.98 Å². The highest BCUT2D eigenvalue weighted by molar-refractivity contribution is 9.10. The molecule has 5 nitrogen and oxygen atoms in total. The molecule has 122 valence electrons. The summed E-state index contributed by atoms with van der Waals surface area (Å²) >= 11 is 4.93. The zero-order valence-electron chi connectivity index (χ0n) is 12.8. The maximum absolute atomic E-state index is 12.8. The predicted molar refractivity (Wildman–Crippen MR) is 93.7 cm³/mol. The monoisotopic (exact) mass is 395 g/mol. The summed E-state index contributed by atoms with van der Waals surface area (Å²) < 4.78 is 6.46. The molecule has 1 amide bonds. The second-order valence-corrected chi connectivity index (χ2v) is 7.23. The third-order valence-corrected chi connectivity index (χ3v) is 5.37. The third-order valence-electron chi connectivity index (χ3n) is 4.01. The molecule has 1 aromatic carbocycles. The third kappa shape index (κ3) is 3.27. The maximum atomic E-state index is 12.8. The van der Waals surface area contributed by atoms with Gasteiger partial charge in [0.1, 0.15) is 16.5 Å². The Balaban J connectivity index is 1.91. The summed E-state index contributed by atoms with van der Waals surface area (Å²) in [6.07, 6.45) is 1.90. The Labute approximate surface area is 147 Å². The number of amides is 1. The molecule has 2 heterocycles. The molecule has 0 radical (unpaired) electrons. The van der Waals surface area contributed by atoms with Gasteiger partial charge in [0, 0.05) is 28.5 Å². The number of carbonyl (C=O) groups is 1. The van der Waals surface area contributed by atoms with Crippen molar-refractivity contribution in [3.63, 3.8) is 0 Å². The van der Waals surface area contributed by atoms with Crippen molar-refractivity contribution in [2.45, 2.75) is 25.4 Å². The molecule has 7 heteroatoms. The van der Waals surface area contributed by atoms with Crippen LogP contribution in [0.15, 0.2) is 28.1 Å². The molecular formula is C16H18BrN3O2S. The molecule has 2 aromatic rings. The van der Waals surface area contributed by atoms with E-state index in [1.54, 1.807) is 12.5 Å². The maximum Gasteiger partial charge on any atom is 0.273 e. The first-order valence-corrected chi connectivity index (χ1v) is 9.10. The minimum Gasteiger partial charge on any atom is -0.496 e. The Hall–Kier alpha value is -1.44. The van der Waals surface area contributed by atoms with Gasteiger partial charge in [0.05, 0.1) is 13.2 Å². The van der Waals surface area contributed by atoms with Crippen molar-refractivity contribution in [3.05, 3.63) is 44.3 Å². The number of hydrogen-bond acceptors (Lipinski definition) is 5. The Morgan fingerprint density at radius 3 is 3.09 bits per heavy atom. The number of ether oxygens (including phenoxy) is 1. The van der Waals surface area contributed by atoms with Crippen LogP contribution in [-0.4, -0.2) is 29.4 Å². The molecule has 1 aliphatic heterocycles. The van der Waals surface area contributed by atoms with Crippen molar-refractivity contribution < 1.29 is 9.53 Å². The van der Waals surface area contributed by atoms with E-state index in [-0.39, 0.29) is 11.9 Å². The molecule has 23 heavy (non-hydrogen) atoms. The van der Waals surface area contributed by atoms with Crippen LogP contribution in [0, 0.1) is 0 Å². The first-order chi connectivity index (χ1) is 11.1. The predicted octanol–water partition coefficient (Wildman–Crippen LogP) is 3.35. The number of benzene rings is 1. The van der Waals surface area contributed by atoms with Gasteiger partial charge in [-0.15, -0.1) is 11.3 Å². The molecule has 0 bridgehead atoms. The highest BCUT2D eigenvalue weighted by Crippen LogP contribution is 2.39. The van der Waals surface area contributed by atoms with E-state index in [2.05, 4.69) is 20.9 Å². The first kappa shape index (κ1) is 16.4. The zero-order chi connectivity index (χ0) is 16.4. The summed E-state index contributed by atoms with van der Waals surface area (Å²) in [6.45, 7) is 1.09. The fourth-order valence-electron chi connectivity index (χ4n) is 2.95. The van der Waals surface area contributed by atoms with Crippen molar-refractivity contribution in [1.82, 2.24) is 9.88 Å². The minimum atomic E-state index is -0.0366. The summed E-state index contributed by atoms with van der Waals surface area (Å²) in [4.78, 5) is 19.0. The van der Waals surface area contributed by atoms with E-state index < -0.39 is 0 Å². The van der Waals surface area contributed by atoms with Crippen molar-refractivity contribution in [2.24, 2.45) is 5.73 Å². The number of halogens is 1. The van der Waals surface area contributed by atoms with E-state index >= 15 is 0 Å². The number of aromatic nitrogens is 1. The SMILES string of the molecule is COc1ccc(Br)cc1C1CCCN1C(=O)c1csc(CN)n1. The van der Waals surface area contributed by atoms with Gasteiger partial charge in [-0.1, -0.05) is 15.9 Å². The van der Waals surface area contributed by atoms with Crippen LogP contribution in [-0.2, 0) is 6.54 Å². The number of nitrogens with zero attached hydrogens (tertiary/aromatic N) is 2. The highest BCUT2D eigenvalue weighted by Gasteiger charge is 2.33. The Morgan fingerprint density at radius 2 is 2.39 bits per heavy atom. The largest absolute Gasteiger partial charge is 0.496 e. The van der Waals surface area contributed by atoms with E-state index in [9.17, 15) is 4.79 Å². The van der Waals surface area contributed by atoms with Crippen LogP contribution in [0.3, 0.4) is 0 Å². The summed E-state index contributed by atoms with van der Waals surface area (Å²) in [5, 5.41) is 2.57. The fraction of sp³-hybridized carbons (Fsp3) is 0.375. The zero-order valence-corrected chi connectivity index (χ0v) is 15.2. The molecule has 1 saturated heterocycles. The van der Waals surface area contributed by atoms with Crippen LogP contribution in [0.2, 0.25) is 0 Å². The van der Waals surface area contributed by atoms with Gasteiger partial charge in [0.15, 0.2) is 0 Å². The van der Waals surface area contributed by atoms with Gasteiger partial charge < -0.3 is 15.4 Å². The lowest BCUT2D eigenvalue weighted by Gasteiger charge is -2.26. The molecule has 0 aliphatic carbocycles. The summed E-state index contributed by atoms with van der Waals surface area (Å²) in [7, 11) is 1.65. The van der Waals surface area contributed by atoms with E-state index in [4.69, 9.17) is 10.5 Å². The average Bonchev–Trinajstić information content (AvgIpc) is 3.23. The molecule has 3 rings (SSSR count). The Kier molecular flexibility index (Phi) is 4.99. The Morgan fingerprint density at radius 1 is 1.57 bits per heavy atom. The first-order valence-electron chi connectivity index (χ1n) is 7.43. The van der Waals surface area contributed by atoms with Crippen molar-refractivity contribution in [3.8, 4) is 5.75 Å². The smallest absolute Gasteiger partial charge is 0.273 e. The molecular weight excluding hydrogens is 378 g/mol. The molecule has 1 unspecified atom stereocenters. The van der Waals surface area contributed by atoms with Gasteiger partial charge in [-0.2, -0.15) is 0 Å². The second kappa shape index (κ2) is 6.98. The summed E-state index contributed by atoms with van der Waals surface area (Å²) in [5.41, 5.74) is 7.10. The lowest BCUT2D eigenvalue weighted by Crippen LogP contribution is -2.31. The molecule has 1 fully saturated rings. The lowest BCUT2D eigenvalue weighted by atomic mass is 10.0. The molecule has 0 spiro atoms. The van der Waals surface area contributed by atoms with Gasteiger partial charge in [0.25, 0.3) is 5.91 Å². The number of thiazole rings is 1. The van der Waals surface area contributed by atoms with Crippen LogP contribution in [0.4, 0.5) is 0 Å². The van der Waals surface area contributed by atoms with E-state index in [1.165, 1.54) is 11.3 Å². The number of methoxy groups -OCH3 is 1. The Bertz CT molecular complexity index is 719. The van der Waals surface area contributed by atoms with Crippen LogP contribution in [0.1, 0.15) is 39.9 Å². The molecule has 1 aliphatic rings. The van der Waals surface area contributed by atoms with Gasteiger partial charge >= 0.3 is 0 Å². The normalized spacial score (nSPS) is 17.5. The van der Waals surface area contributed by atoms with Crippen molar-refractivity contribution in [2.75, 3.05) is 13.7 Å². The number of rotatable bonds is 4. The summed E-state index contributed by atoms with van der Waals surface area (Å²) in [5.74, 6) is 0.768. The van der Waals surface area contributed by atoms with E-state index in [0.29, 0.717) is 12.2 Å².